The second-order valence-corrected chi connectivity index (χ2v) is 7.28. The van der Waals surface area contributed by atoms with Crippen molar-refractivity contribution >= 4 is 6.09 Å². The van der Waals surface area contributed by atoms with Gasteiger partial charge in [-0.25, -0.2) is 4.79 Å². The highest BCUT2D eigenvalue weighted by Gasteiger charge is 2.21. The van der Waals surface area contributed by atoms with Crippen molar-refractivity contribution in [1.29, 1.82) is 0 Å². The normalized spacial score (nSPS) is 21.2. The molecule has 5 heteroatoms. The molecule has 1 amide bonds. The van der Waals surface area contributed by atoms with Crippen LogP contribution in [0.15, 0.2) is 24.3 Å². The molecule has 0 radical (unpaired) electrons. The molecule has 0 heterocycles. The smallest absolute Gasteiger partial charge is 0.407 e. The predicted octanol–water partition coefficient (Wildman–Crippen LogP) is 2.68. The Morgan fingerprint density at radius 1 is 1.22 bits per heavy atom. The molecule has 1 aliphatic carbocycles. The van der Waals surface area contributed by atoms with Crippen LogP contribution >= 0.6 is 0 Å². The summed E-state index contributed by atoms with van der Waals surface area (Å²) < 4.78 is 5.27. The lowest BCUT2D eigenvalue weighted by Gasteiger charge is -2.20. The van der Waals surface area contributed by atoms with E-state index in [1.165, 1.54) is 5.56 Å². The number of hydrogen-bond donors (Lipinski definition) is 3. The van der Waals surface area contributed by atoms with Crippen LogP contribution in [0, 0.1) is 0 Å². The summed E-state index contributed by atoms with van der Waals surface area (Å²) in [6, 6.07) is 8.96. The third kappa shape index (κ3) is 6.20. The van der Waals surface area contributed by atoms with Gasteiger partial charge in [0.25, 0.3) is 0 Å². The molecule has 0 bridgehead atoms. The average molecular weight is 319 g/mol. The van der Waals surface area contributed by atoms with E-state index < -0.39 is 5.60 Å². The molecule has 23 heavy (non-hydrogen) atoms. The van der Waals surface area contributed by atoms with E-state index in [9.17, 15) is 4.79 Å². The molecular formula is C18H29N3O2. The Morgan fingerprint density at radius 3 is 2.43 bits per heavy atom. The number of benzene rings is 1. The topological polar surface area (TPSA) is 76.4 Å². The summed E-state index contributed by atoms with van der Waals surface area (Å²) in [5, 5.41) is 6.39. The Balaban J connectivity index is 1.86. The minimum absolute atomic E-state index is 0.330. The molecule has 2 unspecified atom stereocenters. The molecule has 1 saturated carbocycles. The molecule has 4 N–H and O–H groups in total. The molecule has 0 aliphatic heterocycles. The predicted molar refractivity (Wildman–Crippen MR) is 92.0 cm³/mol. The van der Waals surface area contributed by atoms with Crippen LogP contribution in [0.25, 0.3) is 0 Å². The van der Waals surface area contributed by atoms with E-state index in [2.05, 4.69) is 16.7 Å². The van der Waals surface area contributed by atoms with Gasteiger partial charge in [-0.15, -0.1) is 0 Å². The lowest BCUT2D eigenvalue weighted by molar-refractivity contribution is 0.0523. The average Bonchev–Trinajstić information content (AvgIpc) is 2.87. The molecule has 0 spiro atoms. The molecule has 2 rings (SSSR count). The van der Waals surface area contributed by atoms with Gasteiger partial charge in [-0.05, 0) is 51.2 Å². The SMILES string of the molecule is CC(C)(C)OC(=O)NCc1ccccc1CNC1CCC(N)C1. The first-order chi connectivity index (χ1) is 10.8. The third-order valence-electron chi connectivity index (χ3n) is 3.99. The molecule has 1 aromatic rings. The van der Waals surface area contributed by atoms with Crippen molar-refractivity contribution in [2.75, 3.05) is 0 Å². The number of ether oxygens (including phenoxy) is 1. The van der Waals surface area contributed by atoms with E-state index in [4.69, 9.17) is 10.5 Å². The van der Waals surface area contributed by atoms with Crippen molar-refractivity contribution in [2.24, 2.45) is 5.73 Å². The maximum Gasteiger partial charge on any atom is 0.407 e. The number of nitrogens with two attached hydrogens (primary N) is 1. The maximum atomic E-state index is 11.8. The highest BCUT2D eigenvalue weighted by atomic mass is 16.6. The van der Waals surface area contributed by atoms with Crippen molar-refractivity contribution in [1.82, 2.24) is 10.6 Å². The van der Waals surface area contributed by atoms with E-state index in [0.29, 0.717) is 18.6 Å². The van der Waals surface area contributed by atoms with Gasteiger partial charge in [-0.2, -0.15) is 0 Å². The first kappa shape index (κ1) is 17.8. The van der Waals surface area contributed by atoms with Gasteiger partial charge in [-0.1, -0.05) is 24.3 Å². The van der Waals surface area contributed by atoms with Gasteiger partial charge in [0.05, 0.1) is 0 Å². The second kappa shape index (κ2) is 7.79. The van der Waals surface area contributed by atoms with E-state index in [1.807, 2.05) is 39.0 Å². The van der Waals surface area contributed by atoms with Crippen LogP contribution in [0.3, 0.4) is 0 Å². The van der Waals surface area contributed by atoms with Gasteiger partial charge < -0.3 is 21.1 Å². The quantitative estimate of drug-likeness (QED) is 0.780. The lowest BCUT2D eigenvalue weighted by Crippen LogP contribution is -2.32. The number of alkyl carbamates (subject to hydrolysis) is 1. The van der Waals surface area contributed by atoms with Crippen molar-refractivity contribution in [3.63, 3.8) is 0 Å². The van der Waals surface area contributed by atoms with Crippen LogP contribution in [0.2, 0.25) is 0 Å². The van der Waals surface area contributed by atoms with Crippen LogP contribution in [0.1, 0.15) is 51.2 Å². The summed E-state index contributed by atoms with van der Waals surface area (Å²) in [4.78, 5) is 11.8. The van der Waals surface area contributed by atoms with Gasteiger partial charge in [0.1, 0.15) is 5.60 Å². The van der Waals surface area contributed by atoms with Gasteiger partial charge in [0, 0.05) is 25.2 Å². The first-order valence-electron chi connectivity index (χ1n) is 8.36. The summed E-state index contributed by atoms with van der Waals surface area (Å²) in [7, 11) is 0. The Hall–Kier alpha value is -1.59. The molecule has 0 saturated heterocycles. The molecule has 1 aromatic carbocycles. The lowest BCUT2D eigenvalue weighted by atomic mass is 10.1. The van der Waals surface area contributed by atoms with Crippen molar-refractivity contribution in [3.8, 4) is 0 Å². The van der Waals surface area contributed by atoms with Crippen LogP contribution in [-0.4, -0.2) is 23.8 Å². The molecule has 5 nitrogen and oxygen atoms in total. The summed E-state index contributed by atoms with van der Waals surface area (Å²) in [6.45, 7) is 6.84. The monoisotopic (exact) mass is 319 g/mol. The Labute approximate surface area is 139 Å². The number of amides is 1. The number of carbonyl (C=O) groups is 1. The number of nitrogens with one attached hydrogen (secondary N) is 2. The highest BCUT2D eigenvalue weighted by Crippen LogP contribution is 2.18. The molecule has 128 valence electrons. The Bertz CT molecular complexity index is 525. The van der Waals surface area contributed by atoms with Gasteiger partial charge in [0.15, 0.2) is 0 Å². The fourth-order valence-electron chi connectivity index (χ4n) is 2.84. The van der Waals surface area contributed by atoms with Crippen molar-refractivity contribution in [3.05, 3.63) is 35.4 Å². The van der Waals surface area contributed by atoms with Gasteiger partial charge in [-0.3, -0.25) is 0 Å². The summed E-state index contributed by atoms with van der Waals surface area (Å²) in [5.41, 5.74) is 7.78. The van der Waals surface area contributed by atoms with Crippen molar-refractivity contribution < 1.29 is 9.53 Å². The Morgan fingerprint density at radius 2 is 1.87 bits per heavy atom. The standard InChI is InChI=1S/C18H29N3O2/c1-18(2,3)23-17(22)21-12-14-7-5-4-6-13(14)11-20-16-9-8-15(19)10-16/h4-7,15-16,20H,8-12,19H2,1-3H3,(H,21,22). The van der Waals surface area contributed by atoms with Crippen LogP contribution in [0.5, 0.6) is 0 Å². The molecule has 1 fully saturated rings. The zero-order valence-corrected chi connectivity index (χ0v) is 14.4. The van der Waals surface area contributed by atoms with E-state index in [-0.39, 0.29) is 6.09 Å². The summed E-state index contributed by atoms with van der Waals surface area (Å²) in [5.74, 6) is 0. The minimum Gasteiger partial charge on any atom is -0.444 e. The van der Waals surface area contributed by atoms with E-state index in [1.54, 1.807) is 0 Å². The van der Waals surface area contributed by atoms with Crippen LogP contribution in [-0.2, 0) is 17.8 Å². The fraction of sp³-hybridized carbons (Fsp3) is 0.611. The largest absolute Gasteiger partial charge is 0.444 e. The van der Waals surface area contributed by atoms with E-state index >= 15 is 0 Å². The Kier molecular flexibility index (Phi) is 6.02. The van der Waals surface area contributed by atoms with Gasteiger partial charge >= 0.3 is 6.09 Å². The highest BCUT2D eigenvalue weighted by molar-refractivity contribution is 5.67. The minimum atomic E-state index is -0.480. The number of hydrogen-bond acceptors (Lipinski definition) is 4. The fourth-order valence-corrected chi connectivity index (χ4v) is 2.84. The van der Waals surface area contributed by atoms with E-state index in [0.717, 1.165) is 31.4 Å². The number of rotatable bonds is 5. The molecule has 0 aromatic heterocycles. The molecule has 2 atom stereocenters. The summed E-state index contributed by atoms with van der Waals surface area (Å²) in [6.07, 6.45) is 2.89. The summed E-state index contributed by atoms with van der Waals surface area (Å²) >= 11 is 0. The second-order valence-electron chi connectivity index (χ2n) is 7.28. The zero-order chi connectivity index (χ0) is 16.9. The molecule has 1 aliphatic rings. The molecular weight excluding hydrogens is 290 g/mol. The van der Waals surface area contributed by atoms with Crippen LogP contribution < -0.4 is 16.4 Å². The first-order valence-corrected chi connectivity index (χ1v) is 8.36. The zero-order valence-electron chi connectivity index (χ0n) is 14.4. The maximum absolute atomic E-state index is 11.8. The van der Waals surface area contributed by atoms with Crippen LogP contribution in [0.4, 0.5) is 4.79 Å². The van der Waals surface area contributed by atoms with Gasteiger partial charge in [0.2, 0.25) is 0 Å². The third-order valence-corrected chi connectivity index (χ3v) is 3.99. The van der Waals surface area contributed by atoms with Crippen molar-refractivity contribution in [2.45, 2.75) is 70.8 Å². The number of carbonyl (C=O) groups excluding carboxylic acids is 1.